The second kappa shape index (κ2) is 7.01. The Balaban J connectivity index is 1.64. The lowest BCUT2D eigenvalue weighted by atomic mass is 10.0. The van der Waals surface area contributed by atoms with Crippen LogP contribution in [-0.4, -0.2) is 38.2 Å². The third-order valence-electron chi connectivity index (χ3n) is 4.36. The number of hydrogen-bond donors (Lipinski definition) is 1. The van der Waals surface area contributed by atoms with Crippen LogP contribution >= 0.6 is 0 Å². The van der Waals surface area contributed by atoms with E-state index in [4.69, 9.17) is 0 Å². The van der Waals surface area contributed by atoms with Gasteiger partial charge >= 0.3 is 0 Å². The molecule has 1 heterocycles. The number of carbonyl (C=O) groups excluding carboxylic acids is 2. The van der Waals surface area contributed by atoms with Crippen LogP contribution in [0.5, 0.6) is 0 Å². The molecule has 7 heteroatoms. The van der Waals surface area contributed by atoms with Gasteiger partial charge in [0.05, 0.1) is 16.0 Å². The Kier molecular flexibility index (Phi) is 4.93. The van der Waals surface area contributed by atoms with Crippen molar-refractivity contribution in [3.63, 3.8) is 0 Å². The van der Waals surface area contributed by atoms with Crippen molar-refractivity contribution in [3.05, 3.63) is 65.2 Å². The van der Waals surface area contributed by atoms with Crippen LogP contribution in [0.4, 0.5) is 0 Å². The summed E-state index contributed by atoms with van der Waals surface area (Å²) in [6.45, 7) is 4.00. The number of carbonyl (C=O) groups is 2. The molecule has 2 aromatic carbocycles. The van der Waals surface area contributed by atoms with E-state index in [1.807, 2.05) is 13.8 Å². The summed E-state index contributed by atoms with van der Waals surface area (Å²) in [5, 5.41) is 0. The van der Waals surface area contributed by atoms with Gasteiger partial charge in [0.2, 0.25) is 10.0 Å². The Morgan fingerprint density at radius 2 is 1.46 bits per heavy atom. The van der Waals surface area contributed by atoms with Crippen LogP contribution in [0.2, 0.25) is 0 Å². The Bertz CT molecular complexity index is 915. The van der Waals surface area contributed by atoms with Crippen molar-refractivity contribution >= 4 is 21.8 Å². The van der Waals surface area contributed by atoms with E-state index in [0.717, 1.165) is 10.5 Å². The van der Waals surface area contributed by atoms with Crippen molar-refractivity contribution in [2.24, 2.45) is 0 Å². The molecule has 0 aliphatic carbocycles. The molecule has 26 heavy (non-hydrogen) atoms. The standard InChI is InChI=1S/C19H20N2O4S/c1-13(2)14-7-9-15(10-8-14)26(24,25)20-11-12-21-18(22)16-5-3-4-6-17(16)19(21)23/h3-10,13,20H,11-12H2,1-2H3. The van der Waals surface area contributed by atoms with Crippen LogP contribution in [0, 0.1) is 0 Å². The number of hydrogen-bond acceptors (Lipinski definition) is 4. The zero-order chi connectivity index (χ0) is 18.9. The summed E-state index contributed by atoms with van der Waals surface area (Å²) in [6, 6.07) is 13.2. The molecule has 2 aromatic rings. The molecule has 0 unspecified atom stereocenters. The van der Waals surface area contributed by atoms with E-state index in [0.29, 0.717) is 17.0 Å². The van der Waals surface area contributed by atoms with Gasteiger partial charge in [-0.2, -0.15) is 0 Å². The van der Waals surface area contributed by atoms with Crippen LogP contribution in [0.3, 0.4) is 0 Å². The maximum Gasteiger partial charge on any atom is 0.261 e. The largest absolute Gasteiger partial charge is 0.273 e. The summed E-state index contributed by atoms with van der Waals surface area (Å²) in [7, 11) is -3.70. The van der Waals surface area contributed by atoms with Crippen molar-refractivity contribution in [3.8, 4) is 0 Å². The number of rotatable bonds is 6. The van der Waals surface area contributed by atoms with Crippen LogP contribution in [0.15, 0.2) is 53.4 Å². The van der Waals surface area contributed by atoms with E-state index in [1.54, 1.807) is 48.5 Å². The third kappa shape index (κ3) is 3.40. The van der Waals surface area contributed by atoms with Crippen molar-refractivity contribution in [2.45, 2.75) is 24.7 Å². The predicted octanol–water partition coefficient (Wildman–Crippen LogP) is 2.38. The minimum Gasteiger partial charge on any atom is -0.273 e. The Hall–Kier alpha value is -2.51. The molecular formula is C19H20N2O4S. The second-order valence-corrected chi connectivity index (χ2v) is 8.20. The van der Waals surface area contributed by atoms with Crippen LogP contribution in [-0.2, 0) is 10.0 Å². The van der Waals surface area contributed by atoms with Crippen molar-refractivity contribution in [1.82, 2.24) is 9.62 Å². The van der Waals surface area contributed by atoms with Gasteiger partial charge in [-0.25, -0.2) is 13.1 Å². The maximum absolute atomic E-state index is 12.4. The highest BCUT2D eigenvalue weighted by Gasteiger charge is 2.34. The lowest BCUT2D eigenvalue weighted by molar-refractivity contribution is 0.0657. The fourth-order valence-electron chi connectivity index (χ4n) is 2.85. The fraction of sp³-hybridized carbons (Fsp3) is 0.263. The molecule has 0 saturated heterocycles. The van der Waals surface area contributed by atoms with E-state index in [-0.39, 0.29) is 18.0 Å². The van der Waals surface area contributed by atoms with Crippen LogP contribution in [0.1, 0.15) is 46.0 Å². The molecule has 6 nitrogen and oxygen atoms in total. The molecule has 1 aliphatic heterocycles. The molecule has 0 bridgehead atoms. The number of nitrogens with one attached hydrogen (secondary N) is 1. The van der Waals surface area contributed by atoms with Crippen LogP contribution < -0.4 is 4.72 Å². The van der Waals surface area contributed by atoms with Crippen molar-refractivity contribution in [1.29, 1.82) is 0 Å². The average molecular weight is 372 g/mol. The zero-order valence-electron chi connectivity index (χ0n) is 14.6. The van der Waals surface area contributed by atoms with Crippen molar-refractivity contribution < 1.29 is 18.0 Å². The molecule has 1 aliphatic rings. The summed E-state index contributed by atoms with van der Waals surface area (Å²) in [5.74, 6) is -0.481. The molecule has 136 valence electrons. The van der Waals surface area contributed by atoms with Gasteiger partial charge in [0.1, 0.15) is 0 Å². The second-order valence-electron chi connectivity index (χ2n) is 6.43. The first-order chi connectivity index (χ1) is 12.3. The molecule has 0 atom stereocenters. The smallest absolute Gasteiger partial charge is 0.261 e. The Morgan fingerprint density at radius 3 is 1.96 bits per heavy atom. The Morgan fingerprint density at radius 1 is 0.923 bits per heavy atom. The van der Waals surface area contributed by atoms with E-state index >= 15 is 0 Å². The lowest BCUT2D eigenvalue weighted by Crippen LogP contribution is -2.38. The van der Waals surface area contributed by atoms with Crippen LogP contribution in [0.25, 0.3) is 0 Å². The number of nitrogens with zero attached hydrogens (tertiary/aromatic N) is 1. The highest BCUT2D eigenvalue weighted by Crippen LogP contribution is 2.22. The topological polar surface area (TPSA) is 83.6 Å². The first-order valence-corrected chi connectivity index (χ1v) is 9.84. The van der Waals surface area contributed by atoms with E-state index in [1.165, 1.54) is 0 Å². The fourth-order valence-corrected chi connectivity index (χ4v) is 3.87. The number of imide groups is 1. The van der Waals surface area contributed by atoms with Gasteiger partial charge in [0.15, 0.2) is 0 Å². The minimum atomic E-state index is -3.70. The molecule has 0 saturated carbocycles. The summed E-state index contributed by atoms with van der Waals surface area (Å²) in [5.41, 5.74) is 1.75. The summed E-state index contributed by atoms with van der Waals surface area (Å²) >= 11 is 0. The molecule has 1 N–H and O–H groups in total. The first-order valence-electron chi connectivity index (χ1n) is 8.36. The van der Waals surface area contributed by atoms with Gasteiger partial charge in [0, 0.05) is 13.1 Å². The maximum atomic E-state index is 12.4. The Labute approximate surface area is 152 Å². The monoisotopic (exact) mass is 372 g/mol. The molecule has 0 fully saturated rings. The third-order valence-corrected chi connectivity index (χ3v) is 5.84. The molecule has 0 radical (unpaired) electrons. The van der Waals surface area contributed by atoms with Gasteiger partial charge in [-0.1, -0.05) is 38.1 Å². The van der Waals surface area contributed by atoms with Gasteiger partial charge in [-0.3, -0.25) is 14.5 Å². The summed E-state index contributed by atoms with van der Waals surface area (Å²) in [6.07, 6.45) is 0. The highest BCUT2D eigenvalue weighted by atomic mass is 32.2. The van der Waals surface area contributed by atoms with Crippen molar-refractivity contribution in [2.75, 3.05) is 13.1 Å². The van der Waals surface area contributed by atoms with Gasteiger partial charge in [0.25, 0.3) is 11.8 Å². The lowest BCUT2D eigenvalue weighted by Gasteiger charge is -2.14. The normalized spacial score (nSPS) is 14.2. The zero-order valence-corrected chi connectivity index (χ0v) is 15.4. The van der Waals surface area contributed by atoms with E-state index < -0.39 is 21.8 Å². The number of amides is 2. The van der Waals surface area contributed by atoms with Gasteiger partial charge in [-0.15, -0.1) is 0 Å². The SMILES string of the molecule is CC(C)c1ccc(S(=O)(=O)NCCN2C(=O)c3ccccc3C2=O)cc1. The summed E-state index contributed by atoms with van der Waals surface area (Å²) in [4.78, 5) is 25.7. The first kappa shape index (κ1) is 18.3. The molecular weight excluding hydrogens is 352 g/mol. The molecule has 0 aromatic heterocycles. The van der Waals surface area contributed by atoms with E-state index in [2.05, 4.69) is 4.72 Å². The molecule has 0 spiro atoms. The van der Waals surface area contributed by atoms with Gasteiger partial charge < -0.3 is 0 Å². The highest BCUT2D eigenvalue weighted by molar-refractivity contribution is 7.89. The quantitative estimate of drug-likeness (QED) is 0.789. The minimum absolute atomic E-state index is 0.0182. The number of fused-ring (bicyclic) bond motifs is 1. The molecule has 2 amide bonds. The number of sulfonamides is 1. The molecule has 3 rings (SSSR count). The summed E-state index contributed by atoms with van der Waals surface area (Å²) < 4.78 is 27.2. The van der Waals surface area contributed by atoms with E-state index in [9.17, 15) is 18.0 Å². The van der Waals surface area contributed by atoms with Gasteiger partial charge in [-0.05, 0) is 35.7 Å². The predicted molar refractivity (Wildman–Crippen MR) is 97.5 cm³/mol. The number of benzene rings is 2. The average Bonchev–Trinajstić information content (AvgIpc) is 2.87.